The molecular formula is C22H27FN6O. The minimum absolute atomic E-state index is 0.0197. The van der Waals surface area contributed by atoms with E-state index >= 15 is 0 Å². The maximum atomic E-state index is 13.3. The molecule has 3 aromatic rings. The number of carbonyl (C=O) groups is 1. The number of halogens is 1. The van der Waals surface area contributed by atoms with Gasteiger partial charge in [-0.1, -0.05) is 32.9 Å². The number of carbonyl (C=O) groups excluding carboxylic acids is 1. The number of aryl methyl sites for hydroxylation is 1. The molecule has 1 aliphatic heterocycles. The zero-order valence-electron chi connectivity index (χ0n) is 17.6. The molecule has 0 bridgehead atoms. The average Bonchev–Trinajstić information content (AvgIpc) is 3.15. The number of benzene rings is 1. The summed E-state index contributed by atoms with van der Waals surface area (Å²) in [6, 6.07) is 8.46. The molecule has 158 valence electrons. The Bertz CT molecular complexity index is 1030. The van der Waals surface area contributed by atoms with Gasteiger partial charge >= 0.3 is 0 Å². The van der Waals surface area contributed by atoms with Gasteiger partial charge in [0.05, 0.1) is 17.4 Å². The second-order valence-corrected chi connectivity index (χ2v) is 8.13. The second kappa shape index (κ2) is 8.38. The SMILES string of the molecule is CCc1cc(N2CCC(=O)N(Cc3ccc(F)cc3)C(C(C)C)C2)c2nncn2n1. The number of aromatic nitrogens is 4. The van der Waals surface area contributed by atoms with Crippen molar-refractivity contribution in [3.05, 3.63) is 53.7 Å². The molecule has 7 nitrogen and oxygen atoms in total. The molecule has 3 heterocycles. The molecule has 30 heavy (non-hydrogen) atoms. The molecule has 1 fully saturated rings. The van der Waals surface area contributed by atoms with Crippen molar-refractivity contribution in [2.24, 2.45) is 5.92 Å². The van der Waals surface area contributed by atoms with Crippen LogP contribution in [0.2, 0.25) is 0 Å². The van der Waals surface area contributed by atoms with E-state index in [1.165, 1.54) is 12.1 Å². The standard InChI is InChI=1S/C22H27FN6O/c1-4-18-11-19(22-25-24-14-29(22)26-18)27-10-9-21(30)28(20(13-27)15(2)3)12-16-5-7-17(23)8-6-16/h5-8,11,14-15,20H,4,9-10,12-13H2,1-3H3. The van der Waals surface area contributed by atoms with E-state index in [9.17, 15) is 9.18 Å². The average molecular weight is 410 g/mol. The fraction of sp³-hybridized carbons (Fsp3) is 0.455. The summed E-state index contributed by atoms with van der Waals surface area (Å²) < 4.78 is 15.0. The Morgan fingerprint density at radius 2 is 2.00 bits per heavy atom. The lowest BCUT2D eigenvalue weighted by Gasteiger charge is -2.35. The van der Waals surface area contributed by atoms with Crippen molar-refractivity contribution in [2.75, 3.05) is 18.0 Å². The Morgan fingerprint density at radius 1 is 1.23 bits per heavy atom. The third-order valence-electron chi connectivity index (χ3n) is 5.76. The Morgan fingerprint density at radius 3 is 2.70 bits per heavy atom. The van der Waals surface area contributed by atoms with Crippen LogP contribution < -0.4 is 4.90 Å². The summed E-state index contributed by atoms with van der Waals surface area (Å²) in [5.41, 5.74) is 3.55. The first kappa shape index (κ1) is 20.3. The minimum atomic E-state index is -0.269. The molecule has 0 spiro atoms. The molecule has 1 amide bonds. The summed E-state index contributed by atoms with van der Waals surface area (Å²) in [6.07, 6.45) is 2.83. The van der Waals surface area contributed by atoms with Crippen LogP contribution in [0.15, 0.2) is 36.7 Å². The second-order valence-electron chi connectivity index (χ2n) is 8.13. The highest BCUT2D eigenvalue weighted by molar-refractivity contribution is 5.79. The molecule has 1 aromatic carbocycles. The van der Waals surface area contributed by atoms with Crippen molar-refractivity contribution in [3.63, 3.8) is 0 Å². The summed E-state index contributed by atoms with van der Waals surface area (Å²) in [6.45, 7) is 8.12. The van der Waals surface area contributed by atoms with E-state index in [0.29, 0.717) is 31.7 Å². The first-order valence-electron chi connectivity index (χ1n) is 10.4. The summed E-state index contributed by atoms with van der Waals surface area (Å²) in [4.78, 5) is 17.3. The molecule has 0 saturated carbocycles. The minimum Gasteiger partial charge on any atom is -0.366 e. The smallest absolute Gasteiger partial charge is 0.224 e. The van der Waals surface area contributed by atoms with Gasteiger partial charge in [0, 0.05) is 26.1 Å². The van der Waals surface area contributed by atoms with Crippen LogP contribution in [-0.2, 0) is 17.8 Å². The van der Waals surface area contributed by atoms with Crippen LogP contribution >= 0.6 is 0 Å². The lowest BCUT2D eigenvalue weighted by molar-refractivity contribution is -0.134. The van der Waals surface area contributed by atoms with Gasteiger partial charge in [-0.05, 0) is 36.1 Å². The van der Waals surface area contributed by atoms with Crippen LogP contribution in [0.1, 0.15) is 38.4 Å². The summed E-state index contributed by atoms with van der Waals surface area (Å²) in [7, 11) is 0. The van der Waals surface area contributed by atoms with Gasteiger partial charge in [-0.2, -0.15) is 9.61 Å². The largest absolute Gasteiger partial charge is 0.366 e. The zero-order chi connectivity index (χ0) is 21.3. The van der Waals surface area contributed by atoms with Crippen molar-refractivity contribution in [3.8, 4) is 0 Å². The Labute approximate surface area is 175 Å². The quantitative estimate of drug-likeness (QED) is 0.647. The number of nitrogens with zero attached hydrogens (tertiary/aromatic N) is 6. The van der Waals surface area contributed by atoms with Gasteiger partial charge in [0.2, 0.25) is 11.6 Å². The Kier molecular flexibility index (Phi) is 5.65. The summed E-state index contributed by atoms with van der Waals surface area (Å²) in [5, 5.41) is 12.8. The molecule has 8 heteroatoms. The topological polar surface area (TPSA) is 66.6 Å². The lowest BCUT2D eigenvalue weighted by Crippen LogP contribution is -2.46. The molecule has 4 rings (SSSR count). The molecule has 1 unspecified atom stereocenters. The van der Waals surface area contributed by atoms with Crippen LogP contribution in [0.3, 0.4) is 0 Å². The maximum absolute atomic E-state index is 13.3. The predicted octanol–water partition coefficient (Wildman–Crippen LogP) is 3.09. The molecule has 0 N–H and O–H groups in total. The first-order valence-corrected chi connectivity index (χ1v) is 10.4. The molecule has 0 radical (unpaired) electrons. The zero-order valence-corrected chi connectivity index (χ0v) is 17.6. The maximum Gasteiger partial charge on any atom is 0.224 e. The van der Waals surface area contributed by atoms with Crippen molar-refractivity contribution < 1.29 is 9.18 Å². The van der Waals surface area contributed by atoms with E-state index in [4.69, 9.17) is 0 Å². The lowest BCUT2D eigenvalue weighted by atomic mass is 10.0. The van der Waals surface area contributed by atoms with E-state index in [-0.39, 0.29) is 23.7 Å². The fourth-order valence-corrected chi connectivity index (χ4v) is 4.02. The van der Waals surface area contributed by atoms with Crippen LogP contribution in [0, 0.1) is 11.7 Å². The van der Waals surface area contributed by atoms with Gasteiger partial charge in [-0.3, -0.25) is 4.79 Å². The van der Waals surface area contributed by atoms with Crippen molar-refractivity contribution in [1.29, 1.82) is 0 Å². The normalized spacial score (nSPS) is 17.8. The molecule has 2 aromatic heterocycles. The highest BCUT2D eigenvalue weighted by atomic mass is 19.1. The van der Waals surface area contributed by atoms with Crippen LogP contribution in [0.4, 0.5) is 10.1 Å². The number of amides is 1. The van der Waals surface area contributed by atoms with Crippen molar-refractivity contribution >= 4 is 17.2 Å². The Balaban J connectivity index is 1.67. The van der Waals surface area contributed by atoms with E-state index in [0.717, 1.165) is 23.4 Å². The number of hydrogen-bond acceptors (Lipinski definition) is 5. The van der Waals surface area contributed by atoms with Crippen LogP contribution in [-0.4, -0.2) is 49.7 Å². The van der Waals surface area contributed by atoms with Crippen molar-refractivity contribution in [2.45, 2.75) is 46.2 Å². The van der Waals surface area contributed by atoms with Crippen LogP contribution in [0.5, 0.6) is 0 Å². The number of hydrogen-bond donors (Lipinski definition) is 0. The van der Waals surface area contributed by atoms with Gasteiger partial charge in [-0.25, -0.2) is 4.39 Å². The van der Waals surface area contributed by atoms with E-state index in [1.54, 1.807) is 23.0 Å². The highest BCUT2D eigenvalue weighted by Crippen LogP contribution is 2.27. The highest BCUT2D eigenvalue weighted by Gasteiger charge is 2.32. The molecule has 1 aliphatic rings. The van der Waals surface area contributed by atoms with Crippen LogP contribution in [0.25, 0.3) is 5.65 Å². The molecule has 0 aliphatic carbocycles. The Hall–Kier alpha value is -3.03. The van der Waals surface area contributed by atoms with Gasteiger partial charge in [0.25, 0.3) is 0 Å². The number of rotatable bonds is 5. The van der Waals surface area contributed by atoms with E-state index < -0.39 is 0 Å². The van der Waals surface area contributed by atoms with E-state index in [1.807, 2.05) is 4.90 Å². The first-order chi connectivity index (χ1) is 14.5. The summed E-state index contributed by atoms with van der Waals surface area (Å²) >= 11 is 0. The third kappa shape index (κ3) is 3.99. The predicted molar refractivity (Wildman–Crippen MR) is 113 cm³/mol. The summed E-state index contributed by atoms with van der Waals surface area (Å²) in [5.74, 6) is 0.105. The van der Waals surface area contributed by atoms with Crippen molar-refractivity contribution in [1.82, 2.24) is 24.7 Å². The monoisotopic (exact) mass is 410 g/mol. The van der Waals surface area contributed by atoms with E-state index in [2.05, 4.69) is 47.0 Å². The fourth-order valence-electron chi connectivity index (χ4n) is 4.02. The van der Waals surface area contributed by atoms with Gasteiger partial charge < -0.3 is 9.80 Å². The van der Waals surface area contributed by atoms with Gasteiger partial charge in [0.1, 0.15) is 12.1 Å². The third-order valence-corrected chi connectivity index (χ3v) is 5.76. The van der Waals surface area contributed by atoms with Gasteiger partial charge in [0.15, 0.2) is 0 Å². The number of anilines is 1. The molecule has 1 atom stereocenters. The van der Waals surface area contributed by atoms with Gasteiger partial charge in [-0.15, -0.1) is 10.2 Å². The number of fused-ring (bicyclic) bond motifs is 1. The molecule has 1 saturated heterocycles. The molecular weight excluding hydrogens is 383 g/mol.